The summed E-state index contributed by atoms with van der Waals surface area (Å²) < 4.78 is 6.70. The average molecular weight is 400 g/mol. The zero-order valence-corrected chi connectivity index (χ0v) is 15.8. The summed E-state index contributed by atoms with van der Waals surface area (Å²) in [6.07, 6.45) is 2.12. The lowest BCUT2D eigenvalue weighted by molar-refractivity contribution is 0.0927. The minimum atomic E-state index is -0.355. The van der Waals surface area contributed by atoms with Crippen molar-refractivity contribution in [1.82, 2.24) is 20.3 Å². The summed E-state index contributed by atoms with van der Waals surface area (Å²) in [7, 11) is 0. The monoisotopic (exact) mass is 399 g/mol. The fourth-order valence-corrected chi connectivity index (χ4v) is 2.88. The molecule has 0 saturated carbocycles. The van der Waals surface area contributed by atoms with E-state index in [0.29, 0.717) is 29.3 Å². The molecule has 1 aromatic carbocycles. The first kappa shape index (κ1) is 19.6. The molecule has 9 heteroatoms. The van der Waals surface area contributed by atoms with Crippen LogP contribution < -0.4 is 5.32 Å². The number of carbonyl (C=O) groups is 1. The molecule has 0 bridgehead atoms. The number of nitrogens with one attached hydrogen (secondary N) is 1. The maximum atomic E-state index is 12.2. The standard InChI is InChI=1S/C19H18ClN5O3/c1-12(22-19(27)18-9-15(5-7-26)28-24-18)11-25-6-4-17(23-25)13-2-3-14(10-21)16(20)8-13/h2-4,6,8-9,12,26H,5,7,11H2,1H3,(H,22,27)/t12-/m0/s1. The molecule has 8 nitrogen and oxygen atoms in total. The van der Waals surface area contributed by atoms with E-state index < -0.39 is 0 Å². The maximum Gasteiger partial charge on any atom is 0.273 e. The highest BCUT2D eigenvalue weighted by molar-refractivity contribution is 6.32. The molecule has 2 N–H and O–H groups in total. The Hall–Kier alpha value is -3.15. The van der Waals surface area contributed by atoms with Crippen molar-refractivity contribution in [3.8, 4) is 17.3 Å². The third-order valence-corrected chi connectivity index (χ3v) is 4.33. The molecule has 3 aromatic rings. The van der Waals surface area contributed by atoms with E-state index in [1.807, 2.05) is 19.1 Å². The molecule has 144 valence electrons. The van der Waals surface area contributed by atoms with Crippen LogP contribution in [0.5, 0.6) is 0 Å². The second-order valence-corrected chi connectivity index (χ2v) is 6.66. The van der Waals surface area contributed by atoms with Gasteiger partial charge in [0.1, 0.15) is 11.8 Å². The van der Waals surface area contributed by atoms with Crippen LogP contribution in [0.4, 0.5) is 0 Å². The Labute approximate surface area is 166 Å². The molecule has 2 aromatic heterocycles. The van der Waals surface area contributed by atoms with Crippen LogP contribution in [0.25, 0.3) is 11.3 Å². The number of nitrogens with zero attached hydrogens (tertiary/aromatic N) is 4. The first-order valence-electron chi connectivity index (χ1n) is 8.61. The fourth-order valence-electron chi connectivity index (χ4n) is 2.65. The van der Waals surface area contributed by atoms with E-state index in [-0.39, 0.29) is 24.2 Å². The SMILES string of the molecule is C[C@@H](Cn1ccc(-c2ccc(C#N)c(Cl)c2)n1)NC(=O)c1cc(CCO)on1. The molecular weight excluding hydrogens is 382 g/mol. The second-order valence-electron chi connectivity index (χ2n) is 6.26. The van der Waals surface area contributed by atoms with Gasteiger partial charge in [-0.2, -0.15) is 10.4 Å². The molecule has 0 aliphatic rings. The molecule has 0 fully saturated rings. The van der Waals surface area contributed by atoms with E-state index in [0.717, 1.165) is 11.3 Å². The number of hydrogen-bond donors (Lipinski definition) is 2. The fraction of sp³-hybridized carbons (Fsp3) is 0.263. The lowest BCUT2D eigenvalue weighted by Gasteiger charge is -2.12. The lowest BCUT2D eigenvalue weighted by atomic mass is 10.1. The maximum absolute atomic E-state index is 12.2. The van der Waals surface area contributed by atoms with E-state index in [1.54, 1.807) is 29.1 Å². The smallest absolute Gasteiger partial charge is 0.273 e. The van der Waals surface area contributed by atoms with E-state index >= 15 is 0 Å². The van der Waals surface area contributed by atoms with Crippen molar-refractivity contribution in [1.29, 1.82) is 5.26 Å². The quantitative estimate of drug-likeness (QED) is 0.630. The van der Waals surface area contributed by atoms with E-state index in [4.69, 9.17) is 26.5 Å². The van der Waals surface area contributed by atoms with Crippen molar-refractivity contribution in [2.45, 2.75) is 25.9 Å². The zero-order chi connectivity index (χ0) is 20.1. The number of aliphatic hydroxyl groups is 1. The molecule has 28 heavy (non-hydrogen) atoms. The van der Waals surface area contributed by atoms with Gasteiger partial charge in [0.15, 0.2) is 5.69 Å². The van der Waals surface area contributed by atoms with Gasteiger partial charge >= 0.3 is 0 Å². The zero-order valence-electron chi connectivity index (χ0n) is 15.1. The minimum absolute atomic E-state index is 0.0707. The Kier molecular flexibility index (Phi) is 6.09. The van der Waals surface area contributed by atoms with Gasteiger partial charge in [0, 0.05) is 30.3 Å². The molecule has 3 rings (SSSR count). The van der Waals surface area contributed by atoms with Crippen LogP contribution in [-0.2, 0) is 13.0 Å². The Bertz CT molecular complexity index is 1020. The average Bonchev–Trinajstić information content (AvgIpc) is 3.31. The number of aliphatic hydroxyl groups excluding tert-OH is 1. The molecule has 1 atom stereocenters. The van der Waals surface area contributed by atoms with Gasteiger partial charge in [-0.05, 0) is 25.1 Å². The highest BCUT2D eigenvalue weighted by atomic mass is 35.5. The van der Waals surface area contributed by atoms with Gasteiger partial charge in [-0.1, -0.05) is 22.8 Å². The summed E-state index contributed by atoms with van der Waals surface area (Å²) in [6, 6.07) is 10.3. The van der Waals surface area contributed by atoms with Crippen LogP contribution in [0.1, 0.15) is 28.7 Å². The third kappa shape index (κ3) is 4.57. The highest BCUT2D eigenvalue weighted by Crippen LogP contribution is 2.24. The van der Waals surface area contributed by atoms with Crippen molar-refractivity contribution >= 4 is 17.5 Å². The van der Waals surface area contributed by atoms with Crippen LogP contribution in [0, 0.1) is 11.3 Å². The van der Waals surface area contributed by atoms with Crippen LogP contribution >= 0.6 is 11.6 Å². The van der Waals surface area contributed by atoms with Gasteiger partial charge in [-0.3, -0.25) is 9.48 Å². The first-order chi connectivity index (χ1) is 13.5. The molecule has 0 spiro atoms. The summed E-state index contributed by atoms with van der Waals surface area (Å²) in [5.74, 6) is 0.102. The largest absolute Gasteiger partial charge is 0.396 e. The van der Waals surface area contributed by atoms with Crippen molar-refractivity contribution in [3.63, 3.8) is 0 Å². The number of halogens is 1. The summed E-state index contributed by atoms with van der Waals surface area (Å²) in [5.41, 5.74) is 2.10. The summed E-state index contributed by atoms with van der Waals surface area (Å²) >= 11 is 6.08. The summed E-state index contributed by atoms with van der Waals surface area (Å²) in [4.78, 5) is 12.2. The number of rotatable bonds is 7. The number of nitriles is 1. The van der Waals surface area contributed by atoms with Crippen LogP contribution in [0.15, 0.2) is 41.1 Å². The number of aromatic nitrogens is 3. The van der Waals surface area contributed by atoms with Crippen molar-refractivity contribution in [2.24, 2.45) is 0 Å². The van der Waals surface area contributed by atoms with E-state index in [9.17, 15) is 4.79 Å². The Morgan fingerprint density at radius 1 is 1.43 bits per heavy atom. The van der Waals surface area contributed by atoms with Crippen LogP contribution in [-0.4, -0.2) is 38.6 Å². The second kappa shape index (κ2) is 8.69. The van der Waals surface area contributed by atoms with Crippen LogP contribution in [0.2, 0.25) is 5.02 Å². The molecule has 0 unspecified atom stereocenters. The molecule has 0 aliphatic heterocycles. The predicted octanol–water partition coefficient (Wildman–Crippen LogP) is 2.42. The number of hydrogen-bond acceptors (Lipinski definition) is 6. The summed E-state index contributed by atoms with van der Waals surface area (Å²) in [6.45, 7) is 2.24. The van der Waals surface area contributed by atoms with Crippen LogP contribution in [0.3, 0.4) is 0 Å². The van der Waals surface area contributed by atoms with Gasteiger partial charge in [0.2, 0.25) is 0 Å². The van der Waals surface area contributed by atoms with Gasteiger partial charge < -0.3 is 14.9 Å². The van der Waals surface area contributed by atoms with Crippen molar-refractivity contribution < 1.29 is 14.4 Å². The topological polar surface area (TPSA) is 117 Å². The molecular formula is C19H18ClN5O3. The van der Waals surface area contributed by atoms with E-state index in [2.05, 4.69) is 15.6 Å². The molecule has 2 heterocycles. The number of carbonyl (C=O) groups excluding carboxylic acids is 1. The van der Waals surface area contributed by atoms with Gasteiger partial charge in [-0.15, -0.1) is 0 Å². The Morgan fingerprint density at radius 2 is 2.25 bits per heavy atom. The molecule has 1 amide bonds. The molecule has 0 aliphatic carbocycles. The lowest BCUT2D eigenvalue weighted by Crippen LogP contribution is -2.36. The number of amides is 1. The minimum Gasteiger partial charge on any atom is -0.396 e. The van der Waals surface area contributed by atoms with Gasteiger partial charge in [0.05, 0.1) is 29.4 Å². The van der Waals surface area contributed by atoms with Crippen molar-refractivity contribution in [3.05, 3.63) is 58.6 Å². The van der Waals surface area contributed by atoms with Crippen molar-refractivity contribution in [2.75, 3.05) is 6.61 Å². The highest BCUT2D eigenvalue weighted by Gasteiger charge is 2.15. The molecule has 0 radical (unpaired) electrons. The Morgan fingerprint density at radius 3 is 2.96 bits per heavy atom. The van der Waals surface area contributed by atoms with E-state index in [1.165, 1.54) is 6.07 Å². The summed E-state index contributed by atoms with van der Waals surface area (Å²) in [5, 5.41) is 29.2. The van der Waals surface area contributed by atoms with Gasteiger partial charge in [-0.25, -0.2) is 0 Å². The third-order valence-electron chi connectivity index (χ3n) is 4.01. The first-order valence-corrected chi connectivity index (χ1v) is 8.98. The number of benzene rings is 1. The van der Waals surface area contributed by atoms with Gasteiger partial charge in [0.25, 0.3) is 5.91 Å². The predicted molar refractivity (Wildman–Crippen MR) is 102 cm³/mol. The normalized spacial score (nSPS) is 11.8. The molecule has 0 saturated heterocycles. The Balaban J connectivity index is 1.62.